The molecule has 1 saturated carbocycles. The topological polar surface area (TPSA) is 25.2 Å². The van der Waals surface area contributed by atoms with E-state index in [2.05, 4.69) is 30.5 Å². The van der Waals surface area contributed by atoms with Gasteiger partial charge in [-0.15, -0.1) is 0 Å². The average molecular weight is 217 g/mol. The lowest BCUT2D eigenvalue weighted by molar-refractivity contribution is 0.151. The number of allylic oxidation sites excluding steroid dienone is 1. The van der Waals surface area contributed by atoms with Crippen molar-refractivity contribution in [3.63, 3.8) is 0 Å². The maximum atomic E-state index is 5.37. The Hall–Kier alpha value is -1.02. The Morgan fingerprint density at radius 1 is 1.56 bits per heavy atom. The van der Waals surface area contributed by atoms with Crippen LogP contribution in [-0.4, -0.2) is 12.1 Å². The van der Waals surface area contributed by atoms with Crippen LogP contribution in [0.1, 0.15) is 25.5 Å². The standard InChI is InChI=1S/C14H19NO/c1-10(8-12-5-3-7-16-12)15-14-9-11-4-2-6-13(11)14/h2-3,5-7,10-11,13-15H,4,8-9H2,1H3. The Balaban J connectivity index is 1.50. The summed E-state index contributed by atoms with van der Waals surface area (Å²) in [6.45, 7) is 2.24. The van der Waals surface area contributed by atoms with Gasteiger partial charge in [-0.2, -0.15) is 0 Å². The van der Waals surface area contributed by atoms with E-state index in [1.54, 1.807) is 6.26 Å². The van der Waals surface area contributed by atoms with Crippen molar-refractivity contribution in [1.29, 1.82) is 0 Å². The molecule has 0 aromatic carbocycles. The van der Waals surface area contributed by atoms with Crippen molar-refractivity contribution >= 4 is 0 Å². The number of hydrogen-bond acceptors (Lipinski definition) is 2. The van der Waals surface area contributed by atoms with Crippen LogP contribution >= 0.6 is 0 Å². The molecule has 2 aliphatic carbocycles. The molecule has 2 nitrogen and oxygen atoms in total. The van der Waals surface area contributed by atoms with Gasteiger partial charge in [-0.25, -0.2) is 0 Å². The highest BCUT2D eigenvalue weighted by Crippen LogP contribution is 2.42. The molecule has 3 rings (SSSR count). The van der Waals surface area contributed by atoms with Gasteiger partial charge >= 0.3 is 0 Å². The molecule has 1 N–H and O–H groups in total. The summed E-state index contributed by atoms with van der Waals surface area (Å²) >= 11 is 0. The monoisotopic (exact) mass is 217 g/mol. The van der Waals surface area contributed by atoms with E-state index >= 15 is 0 Å². The highest BCUT2D eigenvalue weighted by atomic mass is 16.3. The molecule has 2 aliphatic rings. The zero-order valence-electron chi connectivity index (χ0n) is 9.73. The Morgan fingerprint density at radius 3 is 3.25 bits per heavy atom. The first-order valence-corrected chi connectivity index (χ1v) is 6.28. The Morgan fingerprint density at radius 2 is 2.50 bits per heavy atom. The lowest BCUT2D eigenvalue weighted by Gasteiger charge is -2.42. The van der Waals surface area contributed by atoms with Gasteiger partial charge in [0.15, 0.2) is 0 Å². The van der Waals surface area contributed by atoms with Gasteiger partial charge in [0.25, 0.3) is 0 Å². The third-order valence-corrected chi connectivity index (χ3v) is 3.95. The molecule has 4 atom stereocenters. The van der Waals surface area contributed by atoms with Crippen LogP contribution in [0.2, 0.25) is 0 Å². The van der Waals surface area contributed by atoms with Crippen molar-refractivity contribution in [1.82, 2.24) is 5.32 Å². The lowest BCUT2D eigenvalue weighted by atomic mass is 9.71. The van der Waals surface area contributed by atoms with Crippen molar-refractivity contribution in [3.05, 3.63) is 36.3 Å². The first kappa shape index (κ1) is 10.2. The van der Waals surface area contributed by atoms with Crippen molar-refractivity contribution < 1.29 is 4.42 Å². The van der Waals surface area contributed by atoms with Gasteiger partial charge in [0.05, 0.1) is 6.26 Å². The first-order chi connectivity index (χ1) is 7.83. The molecule has 0 amide bonds. The second kappa shape index (κ2) is 4.10. The molecular formula is C14H19NO. The molecule has 1 heterocycles. The average Bonchev–Trinajstić information content (AvgIpc) is 2.84. The molecule has 4 unspecified atom stereocenters. The van der Waals surface area contributed by atoms with E-state index in [9.17, 15) is 0 Å². The van der Waals surface area contributed by atoms with Crippen molar-refractivity contribution in [2.24, 2.45) is 11.8 Å². The molecule has 0 saturated heterocycles. The molecular weight excluding hydrogens is 198 g/mol. The summed E-state index contributed by atoms with van der Waals surface area (Å²) in [6.07, 6.45) is 10.1. The van der Waals surface area contributed by atoms with Crippen LogP contribution in [-0.2, 0) is 6.42 Å². The van der Waals surface area contributed by atoms with Gasteiger partial charge in [0.2, 0.25) is 0 Å². The van der Waals surface area contributed by atoms with Gasteiger partial charge in [0.1, 0.15) is 5.76 Å². The van der Waals surface area contributed by atoms with Crippen LogP contribution in [0.4, 0.5) is 0 Å². The van der Waals surface area contributed by atoms with Crippen LogP contribution in [0.3, 0.4) is 0 Å². The SMILES string of the molecule is CC(Cc1ccco1)NC1CC2CC=CC21. The molecule has 2 heteroatoms. The molecule has 0 bridgehead atoms. The highest BCUT2D eigenvalue weighted by molar-refractivity contribution is 5.13. The van der Waals surface area contributed by atoms with Crippen LogP contribution in [0.15, 0.2) is 35.0 Å². The molecule has 0 spiro atoms. The fourth-order valence-corrected chi connectivity index (χ4v) is 3.06. The highest BCUT2D eigenvalue weighted by Gasteiger charge is 2.41. The predicted molar refractivity (Wildman–Crippen MR) is 64.2 cm³/mol. The molecule has 0 radical (unpaired) electrons. The zero-order chi connectivity index (χ0) is 11.0. The van der Waals surface area contributed by atoms with Crippen molar-refractivity contribution in [2.75, 3.05) is 0 Å². The van der Waals surface area contributed by atoms with E-state index in [1.807, 2.05) is 6.07 Å². The van der Waals surface area contributed by atoms with Gasteiger partial charge in [-0.05, 0) is 43.7 Å². The smallest absolute Gasteiger partial charge is 0.105 e. The Labute approximate surface area is 96.7 Å². The first-order valence-electron chi connectivity index (χ1n) is 6.28. The van der Waals surface area contributed by atoms with Crippen LogP contribution in [0, 0.1) is 11.8 Å². The number of fused-ring (bicyclic) bond motifs is 1. The minimum Gasteiger partial charge on any atom is -0.469 e. The third-order valence-electron chi connectivity index (χ3n) is 3.95. The van der Waals surface area contributed by atoms with E-state index < -0.39 is 0 Å². The summed E-state index contributed by atoms with van der Waals surface area (Å²) in [7, 11) is 0. The molecule has 16 heavy (non-hydrogen) atoms. The zero-order valence-corrected chi connectivity index (χ0v) is 9.73. The Kier molecular flexibility index (Phi) is 2.60. The van der Waals surface area contributed by atoms with Gasteiger partial charge in [-0.1, -0.05) is 12.2 Å². The normalized spacial score (nSPS) is 33.4. The number of furan rings is 1. The minimum atomic E-state index is 0.506. The van der Waals surface area contributed by atoms with Crippen LogP contribution in [0.5, 0.6) is 0 Å². The largest absolute Gasteiger partial charge is 0.469 e. The molecule has 86 valence electrons. The maximum absolute atomic E-state index is 5.37. The predicted octanol–water partition coefficient (Wildman–Crippen LogP) is 2.76. The second-order valence-electron chi connectivity index (χ2n) is 5.19. The third kappa shape index (κ3) is 1.82. The number of rotatable bonds is 4. The fourth-order valence-electron chi connectivity index (χ4n) is 3.06. The summed E-state index contributed by atoms with van der Waals surface area (Å²) in [5.41, 5.74) is 0. The van der Waals surface area contributed by atoms with E-state index in [-0.39, 0.29) is 0 Å². The summed E-state index contributed by atoms with van der Waals surface area (Å²) in [5, 5.41) is 3.71. The van der Waals surface area contributed by atoms with Gasteiger partial charge in [0, 0.05) is 18.5 Å². The second-order valence-corrected chi connectivity index (χ2v) is 5.19. The van der Waals surface area contributed by atoms with Crippen LogP contribution < -0.4 is 5.32 Å². The minimum absolute atomic E-state index is 0.506. The van der Waals surface area contributed by atoms with E-state index in [1.165, 1.54) is 12.8 Å². The summed E-state index contributed by atoms with van der Waals surface area (Å²) in [4.78, 5) is 0. The van der Waals surface area contributed by atoms with Crippen molar-refractivity contribution in [3.8, 4) is 0 Å². The number of nitrogens with one attached hydrogen (secondary N) is 1. The quantitative estimate of drug-likeness (QED) is 0.784. The lowest BCUT2D eigenvalue weighted by Crippen LogP contribution is -2.51. The molecule has 1 aromatic heterocycles. The number of hydrogen-bond donors (Lipinski definition) is 1. The van der Waals surface area contributed by atoms with Gasteiger partial charge in [-0.3, -0.25) is 0 Å². The maximum Gasteiger partial charge on any atom is 0.105 e. The van der Waals surface area contributed by atoms with Crippen molar-refractivity contribution in [2.45, 2.75) is 38.3 Å². The Bertz CT molecular complexity index is 368. The van der Waals surface area contributed by atoms with E-state index in [0.717, 1.165) is 24.0 Å². The fraction of sp³-hybridized carbons (Fsp3) is 0.571. The van der Waals surface area contributed by atoms with Gasteiger partial charge < -0.3 is 9.73 Å². The molecule has 0 aliphatic heterocycles. The molecule has 1 fully saturated rings. The van der Waals surface area contributed by atoms with E-state index in [4.69, 9.17) is 4.42 Å². The summed E-state index contributed by atoms with van der Waals surface area (Å²) in [5.74, 6) is 2.82. The molecule has 1 aromatic rings. The summed E-state index contributed by atoms with van der Waals surface area (Å²) < 4.78 is 5.37. The van der Waals surface area contributed by atoms with E-state index in [0.29, 0.717) is 12.1 Å². The summed E-state index contributed by atoms with van der Waals surface area (Å²) in [6, 6.07) is 5.22. The van der Waals surface area contributed by atoms with Crippen LogP contribution in [0.25, 0.3) is 0 Å².